The van der Waals surface area contributed by atoms with Crippen LogP contribution in [-0.2, 0) is 16.9 Å². The molecule has 2 aliphatic rings. The van der Waals surface area contributed by atoms with Crippen molar-refractivity contribution in [1.29, 1.82) is 0 Å². The minimum Gasteiger partial charge on any atom is -0.497 e. The van der Waals surface area contributed by atoms with E-state index in [1.807, 2.05) is 43.3 Å². The first-order chi connectivity index (χ1) is 16.0. The number of fused-ring (bicyclic) bond motifs is 2. The molecule has 1 unspecified atom stereocenters. The minimum absolute atomic E-state index is 0.182. The maximum Gasteiger partial charge on any atom is 0.257 e. The van der Waals surface area contributed by atoms with E-state index in [9.17, 15) is 5.11 Å². The molecule has 2 N–H and O–H groups in total. The molecule has 1 fully saturated rings. The van der Waals surface area contributed by atoms with E-state index in [1.165, 1.54) is 0 Å². The van der Waals surface area contributed by atoms with Crippen LogP contribution in [0.2, 0.25) is 0 Å². The minimum atomic E-state index is -1.16. The third-order valence-corrected chi connectivity index (χ3v) is 6.43. The first-order valence-electron chi connectivity index (χ1n) is 11.3. The highest BCUT2D eigenvalue weighted by Crippen LogP contribution is 2.36. The number of ether oxygens (including phenoxy) is 4. The van der Waals surface area contributed by atoms with Crippen molar-refractivity contribution in [1.82, 2.24) is 15.3 Å². The lowest BCUT2D eigenvalue weighted by Crippen LogP contribution is -2.47. The third-order valence-electron chi connectivity index (χ3n) is 6.43. The number of nitrogens with one attached hydrogen (secondary N) is 1. The molecule has 4 heterocycles. The van der Waals surface area contributed by atoms with Crippen molar-refractivity contribution in [3.05, 3.63) is 53.9 Å². The highest BCUT2D eigenvalue weighted by molar-refractivity contribution is 5.84. The predicted octanol–water partition coefficient (Wildman–Crippen LogP) is 2.95. The van der Waals surface area contributed by atoms with Gasteiger partial charge in [0.15, 0.2) is 5.75 Å². The second-order valence-corrected chi connectivity index (χ2v) is 8.67. The van der Waals surface area contributed by atoms with Crippen molar-refractivity contribution >= 4 is 10.9 Å². The lowest BCUT2D eigenvalue weighted by molar-refractivity contribution is -0.128. The van der Waals surface area contributed by atoms with E-state index in [0.29, 0.717) is 38.0 Å². The van der Waals surface area contributed by atoms with Gasteiger partial charge >= 0.3 is 0 Å². The van der Waals surface area contributed by atoms with Gasteiger partial charge in [0.05, 0.1) is 31.0 Å². The Bertz CT molecular complexity index is 1130. The van der Waals surface area contributed by atoms with Gasteiger partial charge in [-0.3, -0.25) is 4.98 Å². The van der Waals surface area contributed by atoms with E-state index >= 15 is 0 Å². The van der Waals surface area contributed by atoms with Gasteiger partial charge < -0.3 is 29.4 Å². The van der Waals surface area contributed by atoms with Crippen molar-refractivity contribution in [2.75, 3.05) is 26.9 Å². The molecular weight excluding hydrogens is 422 g/mol. The Labute approximate surface area is 192 Å². The zero-order valence-electron chi connectivity index (χ0n) is 18.9. The zero-order valence-corrected chi connectivity index (χ0v) is 18.9. The summed E-state index contributed by atoms with van der Waals surface area (Å²) in [6.45, 7) is 4.02. The first kappa shape index (κ1) is 21.9. The Morgan fingerprint density at radius 2 is 2.03 bits per heavy atom. The van der Waals surface area contributed by atoms with E-state index in [2.05, 4.69) is 15.3 Å². The van der Waals surface area contributed by atoms with Crippen LogP contribution in [0.15, 0.2) is 42.6 Å². The standard InChI is InChI=1S/C25H29N3O5/c1-25(29,20-9-10-26-21-6-5-18(30-2)13-19(20)21)23-8-4-17(15-33-23)27-14-16-3-7-22-24(28-16)32-12-11-31-22/h3,5-7,9-10,13,17,23,27,29H,4,8,11-12,14-15H2,1-2H3/t17-,23+,25?/m1/s1. The van der Waals surface area contributed by atoms with Crippen LogP contribution >= 0.6 is 0 Å². The highest BCUT2D eigenvalue weighted by Gasteiger charge is 2.38. The second kappa shape index (κ2) is 9.13. The highest BCUT2D eigenvalue weighted by atomic mass is 16.6. The van der Waals surface area contributed by atoms with E-state index < -0.39 is 5.60 Å². The number of aliphatic hydroxyl groups is 1. The summed E-state index contributed by atoms with van der Waals surface area (Å²) in [7, 11) is 1.63. The summed E-state index contributed by atoms with van der Waals surface area (Å²) in [5.74, 6) is 1.98. The lowest BCUT2D eigenvalue weighted by atomic mass is 9.84. The van der Waals surface area contributed by atoms with Crippen molar-refractivity contribution in [2.45, 2.75) is 44.1 Å². The molecule has 5 rings (SSSR count). The molecule has 3 atom stereocenters. The number of pyridine rings is 2. The molecule has 0 aliphatic carbocycles. The fourth-order valence-corrected chi connectivity index (χ4v) is 4.54. The molecule has 8 nitrogen and oxygen atoms in total. The number of benzene rings is 1. The first-order valence-corrected chi connectivity index (χ1v) is 11.3. The SMILES string of the molecule is COc1ccc2nccc(C(C)(O)[C@@H]3CC[C@@H](NCc4ccc5c(n4)OCCO5)CO3)c2c1. The lowest BCUT2D eigenvalue weighted by Gasteiger charge is -2.39. The van der Waals surface area contributed by atoms with Crippen LogP contribution in [0.5, 0.6) is 17.4 Å². The Morgan fingerprint density at radius 1 is 1.15 bits per heavy atom. The predicted molar refractivity (Wildman–Crippen MR) is 123 cm³/mol. The van der Waals surface area contributed by atoms with Gasteiger partial charge in [-0.2, -0.15) is 0 Å². The largest absolute Gasteiger partial charge is 0.497 e. The molecule has 0 amide bonds. The maximum atomic E-state index is 11.5. The fourth-order valence-electron chi connectivity index (χ4n) is 4.54. The van der Waals surface area contributed by atoms with Gasteiger partial charge in [-0.15, -0.1) is 0 Å². The fraction of sp³-hybridized carbons (Fsp3) is 0.440. The molecule has 2 aromatic heterocycles. The molecule has 0 radical (unpaired) electrons. The summed E-state index contributed by atoms with van der Waals surface area (Å²) < 4.78 is 22.6. The Kier molecular flexibility index (Phi) is 6.05. The van der Waals surface area contributed by atoms with Crippen LogP contribution in [0.3, 0.4) is 0 Å². The molecule has 33 heavy (non-hydrogen) atoms. The molecular formula is C25H29N3O5. The molecule has 3 aromatic rings. The molecule has 1 aromatic carbocycles. The van der Waals surface area contributed by atoms with Crippen molar-refractivity contribution < 1.29 is 24.1 Å². The van der Waals surface area contributed by atoms with Crippen LogP contribution in [0.25, 0.3) is 10.9 Å². The van der Waals surface area contributed by atoms with Gasteiger partial charge in [-0.25, -0.2) is 4.98 Å². The molecule has 0 spiro atoms. The van der Waals surface area contributed by atoms with E-state index in [-0.39, 0.29) is 12.1 Å². The van der Waals surface area contributed by atoms with E-state index in [1.54, 1.807) is 13.3 Å². The summed E-state index contributed by atoms with van der Waals surface area (Å²) in [4.78, 5) is 8.96. The molecule has 2 aliphatic heterocycles. The Balaban J connectivity index is 1.23. The smallest absolute Gasteiger partial charge is 0.257 e. The summed E-state index contributed by atoms with van der Waals surface area (Å²) >= 11 is 0. The van der Waals surface area contributed by atoms with Crippen molar-refractivity contribution in [3.63, 3.8) is 0 Å². The summed E-state index contributed by atoms with van der Waals surface area (Å²) in [5.41, 5.74) is 1.35. The van der Waals surface area contributed by atoms with Gasteiger partial charge in [-0.05, 0) is 61.7 Å². The molecule has 0 saturated carbocycles. The number of hydrogen-bond donors (Lipinski definition) is 2. The number of rotatable bonds is 6. The topological polar surface area (TPSA) is 95.0 Å². The van der Waals surface area contributed by atoms with Crippen LogP contribution in [-0.4, -0.2) is 54.2 Å². The number of hydrogen-bond acceptors (Lipinski definition) is 8. The van der Waals surface area contributed by atoms with Crippen LogP contribution in [0.1, 0.15) is 31.0 Å². The van der Waals surface area contributed by atoms with Crippen LogP contribution in [0, 0.1) is 0 Å². The van der Waals surface area contributed by atoms with Gasteiger partial charge in [0.25, 0.3) is 5.88 Å². The third kappa shape index (κ3) is 4.46. The monoisotopic (exact) mass is 451 g/mol. The van der Waals surface area contributed by atoms with Gasteiger partial charge in [0.1, 0.15) is 24.6 Å². The summed E-state index contributed by atoms with van der Waals surface area (Å²) in [6, 6.07) is 11.6. The van der Waals surface area contributed by atoms with Gasteiger partial charge in [-0.1, -0.05) is 0 Å². The molecule has 8 heteroatoms. The second-order valence-electron chi connectivity index (χ2n) is 8.67. The van der Waals surface area contributed by atoms with Crippen LogP contribution < -0.4 is 19.5 Å². The zero-order chi connectivity index (χ0) is 22.8. The summed E-state index contributed by atoms with van der Waals surface area (Å²) in [6.07, 6.45) is 3.02. The number of nitrogens with zero attached hydrogens (tertiary/aromatic N) is 2. The van der Waals surface area contributed by atoms with E-state index in [0.717, 1.165) is 40.8 Å². The van der Waals surface area contributed by atoms with Crippen molar-refractivity contribution in [2.24, 2.45) is 0 Å². The Morgan fingerprint density at radius 3 is 2.85 bits per heavy atom. The average molecular weight is 452 g/mol. The molecule has 0 bridgehead atoms. The van der Waals surface area contributed by atoms with Crippen molar-refractivity contribution in [3.8, 4) is 17.4 Å². The number of aromatic nitrogens is 2. The van der Waals surface area contributed by atoms with Gasteiger partial charge in [0.2, 0.25) is 0 Å². The normalized spacial score (nSPS) is 22.0. The van der Waals surface area contributed by atoms with E-state index in [4.69, 9.17) is 18.9 Å². The summed E-state index contributed by atoms with van der Waals surface area (Å²) in [5, 5.41) is 15.9. The maximum absolute atomic E-state index is 11.5. The Hall–Kier alpha value is -2.94. The van der Waals surface area contributed by atoms with Crippen LogP contribution in [0.4, 0.5) is 0 Å². The molecule has 174 valence electrons. The molecule has 1 saturated heterocycles. The van der Waals surface area contributed by atoms with Gasteiger partial charge in [0, 0.05) is 24.2 Å². The number of methoxy groups -OCH3 is 1. The quantitative estimate of drug-likeness (QED) is 0.591. The average Bonchev–Trinajstić information content (AvgIpc) is 2.86.